The molecule has 0 bridgehead atoms. The summed E-state index contributed by atoms with van der Waals surface area (Å²) < 4.78 is 0. The minimum Gasteiger partial charge on any atom is -0.294 e. The van der Waals surface area contributed by atoms with E-state index >= 15 is 0 Å². The number of aryl methyl sites for hydroxylation is 1. The van der Waals surface area contributed by atoms with Crippen LogP contribution >= 0.6 is 0 Å². The molecule has 110 valence electrons. The number of carbonyl (C=O) groups excluding carboxylic acids is 1. The van der Waals surface area contributed by atoms with Crippen molar-refractivity contribution in [2.45, 2.75) is 6.92 Å². The van der Waals surface area contributed by atoms with Crippen molar-refractivity contribution in [3.05, 3.63) is 64.1 Å². The molecule has 2 heterocycles. The molecule has 2 aromatic heterocycles. The Morgan fingerprint density at radius 1 is 1.23 bits per heavy atom. The minimum absolute atomic E-state index is 0.147. The average molecular weight is 294 g/mol. The van der Waals surface area contributed by atoms with E-state index in [0.717, 1.165) is 5.56 Å². The maximum absolute atomic E-state index is 12.5. The lowest BCUT2D eigenvalue weighted by atomic mass is 10.1. The second-order valence-electron chi connectivity index (χ2n) is 5.00. The van der Waals surface area contributed by atoms with Crippen LogP contribution in [0.1, 0.15) is 16.1 Å². The van der Waals surface area contributed by atoms with E-state index in [2.05, 4.69) is 15.2 Å². The molecule has 0 saturated heterocycles. The van der Waals surface area contributed by atoms with E-state index in [4.69, 9.17) is 0 Å². The van der Waals surface area contributed by atoms with Crippen molar-refractivity contribution in [3.8, 4) is 0 Å². The minimum atomic E-state index is -0.497. The van der Waals surface area contributed by atoms with Crippen molar-refractivity contribution in [1.29, 1.82) is 0 Å². The van der Waals surface area contributed by atoms with Crippen LogP contribution in [0.2, 0.25) is 0 Å². The van der Waals surface area contributed by atoms with E-state index < -0.39 is 5.91 Å². The first-order valence-electron chi connectivity index (χ1n) is 6.76. The van der Waals surface area contributed by atoms with E-state index in [-0.39, 0.29) is 11.1 Å². The highest BCUT2D eigenvalue weighted by molar-refractivity contribution is 6.05. The molecule has 6 nitrogen and oxygen atoms in total. The van der Waals surface area contributed by atoms with E-state index in [1.54, 1.807) is 43.6 Å². The first kappa shape index (κ1) is 13.9. The summed E-state index contributed by atoms with van der Waals surface area (Å²) in [5, 5.41) is 7.13. The Kier molecular flexibility index (Phi) is 3.42. The van der Waals surface area contributed by atoms with E-state index in [0.29, 0.717) is 16.7 Å². The molecule has 0 spiro atoms. The number of amides is 1. The van der Waals surface area contributed by atoms with Crippen molar-refractivity contribution in [1.82, 2.24) is 15.2 Å². The highest BCUT2D eigenvalue weighted by Crippen LogP contribution is 2.12. The summed E-state index contributed by atoms with van der Waals surface area (Å²) in [6.45, 7) is 1.89. The maximum Gasteiger partial charge on any atom is 0.283 e. The molecule has 0 saturated carbocycles. The van der Waals surface area contributed by atoms with E-state index in [1.807, 2.05) is 13.0 Å². The number of carbonyl (C=O) groups is 1. The molecule has 0 aliphatic heterocycles. The number of benzene rings is 1. The van der Waals surface area contributed by atoms with E-state index in [1.165, 1.54) is 4.90 Å². The molecule has 3 rings (SSSR count). The third-order valence-electron chi connectivity index (χ3n) is 3.42. The zero-order chi connectivity index (χ0) is 15.7. The SMILES string of the molecule is Cc1ccc2[nH]nc(C(=O)N(C)c3ccccn3)c(=O)c2c1. The van der Waals surface area contributed by atoms with Gasteiger partial charge >= 0.3 is 0 Å². The fourth-order valence-corrected chi connectivity index (χ4v) is 2.20. The number of anilines is 1. The van der Waals surface area contributed by atoms with Gasteiger partial charge in [-0.25, -0.2) is 4.98 Å². The van der Waals surface area contributed by atoms with Crippen LogP contribution in [-0.2, 0) is 0 Å². The first-order chi connectivity index (χ1) is 10.6. The Morgan fingerprint density at radius 2 is 2.05 bits per heavy atom. The molecule has 22 heavy (non-hydrogen) atoms. The zero-order valence-electron chi connectivity index (χ0n) is 12.2. The van der Waals surface area contributed by atoms with Gasteiger partial charge in [0.1, 0.15) is 5.82 Å². The summed E-state index contributed by atoms with van der Waals surface area (Å²) in [7, 11) is 1.56. The summed E-state index contributed by atoms with van der Waals surface area (Å²) in [6, 6.07) is 10.6. The van der Waals surface area contributed by atoms with Gasteiger partial charge in [-0.05, 0) is 31.2 Å². The van der Waals surface area contributed by atoms with Gasteiger partial charge in [-0.1, -0.05) is 17.7 Å². The van der Waals surface area contributed by atoms with Crippen LogP contribution in [0.25, 0.3) is 10.9 Å². The summed E-state index contributed by atoms with van der Waals surface area (Å²) >= 11 is 0. The molecule has 1 N–H and O–H groups in total. The summed E-state index contributed by atoms with van der Waals surface area (Å²) in [5.74, 6) is -0.0404. The molecule has 0 aliphatic rings. The predicted molar refractivity (Wildman–Crippen MR) is 84.1 cm³/mol. The van der Waals surface area contributed by atoms with Crippen LogP contribution < -0.4 is 10.3 Å². The Bertz CT molecular complexity index is 903. The van der Waals surface area contributed by atoms with Crippen LogP contribution in [-0.4, -0.2) is 28.1 Å². The van der Waals surface area contributed by atoms with Gasteiger partial charge in [-0.3, -0.25) is 19.6 Å². The summed E-state index contributed by atoms with van der Waals surface area (Å²) in [4.78, 5) is 30.4. The third-order valence-corrected chi connectivity index (χ3v) is 3.42. The quantitative estimate of drug-likeness (QED) is 0.783. The Morgan fingerprint density at radius 3 is 2.77 bits per heavy atom. The van der Waals surface area contributed by atoms with Gasteiger partial charge in [-0.2, -0.15) is 5.10 Å². The highest BCUT2D eigenvalue weighted by Gasteiger charge is 2.20. The highest BCUT2D eigenvalue weighted by atomic mass is 16.2. The first-order valence-corrected chi connectivity index (χ1v) is 6.76. The number of rotatable bonds is 2. The van der Waals surface area contributed by atoms with Gasteiger partial charge < -0.3 is 0 Å². The van der Waals surface area contributed by atoms with Gasteiger partial charge in [0.2, 0.25) is 5.43 Å². The fourth-order valence-electron chi connectivity index (χ4n) is 2.20. The zero-order valence-corrected chi connectivity index (χ0v) is 12.2. The summed E-state index contributed by atoms with van der Waals surface area (Å²) in [5.41, 5.74) is 1.02. The van der Waals surface area contributed by atoms with Crippen LogP contribution in [0.15, 0.2) is 47.4 Å². The number of fused-ring (bicyclic) bond motifs is 1. The Labute approximate surface area is 126 Å². The standard InChI is InChI=1S/C16H14N4O2/c1-10-6-7-12-11(9-10)15(21)14(19-18-12)16(22)20(2)13-5-3-4-8-17-13/h3-9H,1-2H3,(H,18,21). The smallest absolute Gasteiger partial charge is 0.283 e. The number of nitrogens with zero attached hydrogens (tertiary/aromatic N) is 3. The molecule has 3 aromatic rings. The molecule has 0 aliphatic carbocycles. The number of H-pyrrole nitrogens is 1. The van der Waals surface area contributed by atoms with Crippen molar-refractivity contribution in [2.75, 3.05) is 11.9 Å². The molecule has 1 aromatic carbocycles. The molecule has 6 heteroatoms. The second-order valence-corrected chi connectivity index (χ2v) is 5.00. The molecule has 0 fully saturated rings. The monoisotopic (exact) mass is 294 g/mol. The molecule has 0 atom stereocenters. The second kappa shape index (κ2) is 5.40. The van der Waals surface area contributed by atoms with Gasteiger partial charge in [0.25, 0.3) is 5.91 Å². The van der Waals surface area contributed by atoms with Crippen molar-refractivity contribution >= 4 is 22.6 Å². The largest absolute Gasteiger partial charge is 0.294 e. The number of aromatic amines is 1. The topological polar surface area (TPSA) is 79.0 Å². The normalized spacial score (nSPS) is 10.6. The average Bonchev–Trinajstić information content (AvgIpc) is 2.55. The van der Waals surface area contributed by atoms with Crippen molar-refractivity contribution in [2.24, 2.45) is 0 Å². The number of nitrogens with one attached hydrogen (secondary N) is 1. The molecular formula is C16H14N4O2. The van der Waals surface area contributed by atoms with Crippen molar-refractivity contribution < 1.29 is 4.79 Å². The van der Waals surface area contributed by atoms with Gasteiger partial charge in [0.05, 0.1) is 5.52 Å². The number of pyridine rings is 1. The van der Waals surface area contributed by atoms with Gasteiger partial charge in [0, 0.05) is 18.6 Å². The van der Waals surface area contributed by atoms with Crippen LogP contribution in [0.4, 0.5) is 5.82 Å². The van der Waals surface area contributed by atoms with Crippen LogP contribution in [0.5, 0.6) is 0 Å². The van der Waals surface area contributed by atoms with E-state index in [9.17, 15) is 9.59 Å². The predicted octanol–water partition coefficient (Wildman–Crippen LogP) is 1.90. The lowest BCUT2D eigenvalue weighted by Crippen LogP contribution is -2.33. The number of hydrogen-bond acceptors (Lipinski definition) is 4. The number of hydrogen-bond donors (Lipinski definition) is 1. The molecule has 0 radical (unpaired) electrons. The third kappa shape index (κ3) is 2.35. The molecule has 1 amide bonds. The van der Waals surface area contributed by atoms with Gasteiger partial charge in [0.15, 0.2) is 5.69 Å². The lowest BCUT2D eigenvalue weighted by Gasteiger charge is -2.15. The van der Waals surface area contributed by atoms with Crippen molar-refractivity contribution in [3.63, 3.8) is 0 Å². The maximum atomic E-state index is 12.5. The molecular weight excluding hydrogens is 280 g/mol. The fraction of sp³-hybridized carbons (Fsp3) is 0.125. The summed E-state index contributed by atoms with van der Waals surface area (Å²) in [6.07, 6.45) is 1.58. The Hall–Kier alpha value is -3.02. The number of aromatic nitrogens is 3. The van der Waals surface area contributed by atoms with Crippen LogP contribution in [0.3, 0.4) is 0 Å². The Balaban J connectivity index is 2.08. The van der Waals surface area contributed by atoms with Gasteiger partial charge in [-0.15, -0.1) is 0 Å². The lowest BCUT2D eigenvalue weighted by molar-refractivity contribution is 0.0985. The van der Waals surface area contributed by atoms with Crippen LogP contribution in [0, 0.1) is 6.92 Å². The molecule has 0 unspecified atom stereocenters.